The molecule has 0 saturated carbocycles. The molecule has 2 rings (SSSR count). The van der Waals surface area contributed by atoms with Crippen LogP contribution in [0.1, 0.15) is 43.0 Å². The molecule has 156 valence electrons. The lowest BCUT2D eigenvalue weighted by Gasteiger charge is -2.29. The summed E-state index contributed by atoms with van der Waals surface area (Å²) in [5.74, 6) is 0.139. The Balaban J connectivity index is 2.23. The van der Waals surface area contributed by atoms with E-state index in [2.05, 4.69) is 11.4 Å². The van der Waals surface area contributed by atoms with E-state index in [4.69, 9.17) is 11.6 Å². The highest BCUT2D eigenvalue weighted by atomic mass is 35.5. The van der Waals surface area contributed by atoms with E-state index in [1.807, 2.05) is 52.0 Å². The monoisotopic (exact) mass is 414 g/mol. The summed E-state index contributed by atoms with van der Waals surface area (Å²) in [7, 11) is 0. The first-order valence-corrected chi connectivity index (χ1v) is 10.4. The molecule has 29 heavy (non-hydrogen) atoms. The lowest BCUT2D eigenvalue weighted by atomic mass is 10.0. The van der Waals surface area contributed by atoms with E-state index >= 15 is 0 Å². The number of amides is 2. The second-order valence-electron chi connectivity index (χ2n) is 8.14. The molecule has 5 heteroatoms. The van der Waals surface area contributed by atoms with Gasteiger partial charge < -0.3 is 10.2 Å². The van der Waals surface area contributed by atoms with Gasteiger partial charge in [-0.05, 0) is 49.9 Å². The zero-order valence-electron chi connectivity index (χ0n) is 18.0. The summed E-state index contributed by atoms with van der Waals surface area (Å²) >= 11 is 5.99. The van der Waals surface area contributed by atoms with Crippen molar-refractivity contribution in [1.29, 1.82) is 0 Å². The molecule has 0 radical (unpaired) electrons. The van der Waals surface area contributed by atoms with Crippen LogP contribution in [0.15, 0.2) is 42.5 Å². The van der Waals surface area contributed by atoms with Gasteiger partial charge in [0.15, 0.2) is 0 Å². The Labute approximate surface area is 179 Å². The number of aryl methyl sites for hydroxylation is 2. The molecule has 4 nitrogen and oxygen atoms in total. The smallest absolute Gasteiger partial charge is 0.242 e. The molecule has 1 N–H and O–H groups in total. The van der Waals surface area contributed by atoms with Gasteiger partial charge in [0.05, 0.1) is 6.42 Å². The van der Waals surface area contributed by atoms with Crippen LogP contribution in [-0.4, -0.2) is 29.3 Å². The van der Waals surface area contributed by atoms with E-state index < -0.39 is 6.04 Å². The first-order chi connectivity index (χ1) is 13.7. The third-order valence-corrected chi connectivity index (χ3v) is 5.01. The van der Waals surface area contributed by atoms with Crippen LogP contribution >= 0.6 is 11.6 Å². The number of nitrogens with zero attached hydrogens (tertiary/aromatic N) is 1. The number of benzene rings is 2. The molecule has 0 aliphatic carbocycles. The molecule has 0 aliphatic rings. The average molecular weight is 415 g/mol. The minimum Gasteiger partial charge on any atom is -0.354 e. The molecule has 0 spiro atoms. The van der Waals surface area contributed by atoms with Crippen molar-refractivity contribution in [3.8, 4) is 0 Å². The maximum Gasteiger partial charge on any atom is 0.242 e. The number of carbonyl (C=O) groups excluding carboxylic acids is 2. The Morgan fingerprint density at radius 2 is 1.55 bits per heavy atom. The first kappa shape index (κ1) is 23.0. The summed E-state index contributed by atoms with van der Waals surface area (Å²) in [5, 5.41) is 3.58. The molecule has 1 atom stereocenters. The maximum absolute atomic E-state index is 13.2. The van der Waals surface area contributed by atoms with Crippen LogP contribution in [0.25, 0.3) is 0 Å². The third-order valence-electron chi connectivity index (χ3n) is 4.75. The van der Waals surface area contributed by atoms with Crippen molar-refractivity contribution in [1.82, 2.24) is 10.2 Å². The molecule has 0 saturated heterocycles. The molecule has 2 aromatic rings. The summed E-state index contributed by atoms with van der Waals surface area (Å²) in [6, 6.07) is 12.9. The highest BCUT2D eigenvalue weighted by molar-refractivity contribution is 6.30. The number of hydrogen-bond acceptors (Lipinski definition) is 2. The number of nitrogens with one attached hydrogen (secondary N) is 1. The zero-order valence-corrected chi connectivity index (χ0v) is 18.7. The molecule has 0 heterocycles. The Morgan fingerprint density at radius 1 is 0.966 bits per heavy atom. The normalized spacial score (nSPS) is 12.0. The van der Waals surface area contributed by atoms with E-state index in [1.54, 1.807) is 24.0 Å². The fourth-order valence-electron chi connectivity index (χ4n) is 3.27. The molecule has 0 unspecified atom stereocenters. The van der Waals surface area contributed by atoms with E-state index in [1.165, 1.54) is 0 Å². The van der Waals surface area contributed by atoms with Gasteiger partial charge in [-0.2, -0.15) is 0 Å². The lowest BCUT2D eigenvalue weighted by Crippen LogP contribution is -2.48. The Hall–Kier alpha value is -2.33. The van der Waals surface area contributed by atoms with Crippen LogP contribution in [0.4, 0.5) is 0 Å². The number of hydrogen-bond donors (Lipinski definition) is 1. The van der Waals surface area contributed by atoms with Gasteiger partial charge in [-0.15, -0.1) is 0 Å². The summed E-state index contributed by atoms with van der Waals surface area (Å²) in [5.41, 5.74) is 4.15. The topological polar surface area (TPSA) is 49.4 Å². The number of carbonyl (C=O) groups is 2. The SMILES string of the molecule is Cc1cc(C)cc(CC(=O)N(Cc2ccc(Cl)cc2)[C@@H](C)C(=O)NCC(C)C)c1. The van der Waals surface area contributed by atoms with Crippen LogP contribution in [0.5, 0.6) is 0 Å². The van der Waals surface area contributed by atoms with Crippen molar-refractivity contribution >= 4 is 23.4 Å². The van der Waals surface area contributed by atoms with Crippen LogP contribution < -0.4 is 5.32 Å². The predicted molar refractivity (Wildman–Crippen MR) is 119 cm³/mol. The van der Waals surface area contributed by atoms with E-state index in [0.29, 0.717) is 24.0 Å². The Kier molecular flexibility index (Phi) is 8.27. The van der Waals surface area contributed by atoms with E-state index in [0.717, 1.165) is 22.3 Å². The average Bonchev–Trinajstić information content (AvgIpc) is 2.64. The Bertz CT molecular complexity index is 826. The van der Waals surface area contributed by atoms with Crippen molar-refractivity contribution in [3.63, 3.8) is 0 Å². The van der Waals surface area contributed by atoms with Crippen molar-refractivity contribution in [2.24, 2.45) is 5.92 Å². The highest BCUT2D eigenvalue weighted by Gasteiger charge is 2.26. The number of rotatable bonds is 8. The Morgan fingerprint density at radius 3 is 2.10 bits per heavy atom. The van der Waals surface area contributed by atoms with Crippen LogP contribution in [0.3, 0.4) is 0 Å². The predicted octanol–water partition coefficient (Wildman–Crippen LogP) is 4.69. The minimum atomic E-state index is -0.567. The summed E-state index contributed by atoms with van der Waals surface area (Å²) in [4.78, 5) is 27.5. The van der Waals surface area contributed by atoms with Crippen molar-refractivity contribution in [3.05, 3.63) is 69.7 Å². The second kappa shape index (κ2) is 10.4. The summed E-state index contributed by atoms with van der Waals surface area (Å²) in [6.07, 6.45) is 0.262. The maximum atomic E-state index is 13.2. The fourth-order valence-corrected chi connectivity index (χ4v) is 3.39. The van der Waals surface area contributed by atoms with E-state index in [-0.39, 0.29) is 18.2 Å². The first-order valence-electron chi connectivity index (χ1n) is 10.0. The molecule has 0 aliphatic heterocycles. The van der Waals surface area contributed by atoms with Gasteiger partial charge in [-0.3, -0.25) is 9.59 Å². The summed E-state index contributed by atoms with van der Waals surface area (Å²) in [6.45, 7) is 10.9. The van der Waals surface area contributed by atoms with Crippen molar-refractivity contribution < 1.29 is 9.59 Å². The molecule has 0 aromatic heterocycles. The quantitative estimate of drug-likeness (QED) is 0.681. The van der Waals surface area contributed by atoms with Gasteiger partial charge in [-0.25, -0.2) is 0 Å². The zero-order chi connectivity index (χ0) is 21.6. The fraction of sp³-hybridized carbons (Fsp3) is 0.417. The third kappa shape index (κ3) is 7.21. The molecular formula is C24H31ClN2O2. The minimum absolute atomic E-state index is 0.0721. The highest BCUT2D eigenvalue weighted by Crippen LogP contribution is 2.16. The standard InChI is InChI=1S/C24H31ClN2O2/c1-16(2)14-26-24(29)19(5)27(15-20-6-8-22(25)9-7-20)23(28)13-21-11-17(3)10-18(4)12-21/h6-12,16,19H,13-15H2,1-5H3,(H,26,29)/t19-/m0/s1. The molecule has 0 bridgehead atoms. The van der Waals surface area contributed by atoms with Gasteiger partial charge in [0, 0.05) is 18.1 Å². The largest absolute Gasteiger partial charge is 0.354 e. The lowest BCUT2D eigenvalue weighted by molar-refractivity contribution is -0.140. The second-order valence-corrected chi connectivity index (χ2v) is 8.57. The molecule has 0 fully saturated rings. The molecular weight excluding hydrogens is 384 g/mol. The van der Waals surface area contributed by atoms with Gasteiger partial charge in [0.25, 0.3) is 0 Å². The number of halogens is 1. The summed E-state index contributed by atoms with van der Waals surface area (Å²) < 4.78 is 0. The molecule has 2 aromatic carbocycles. The van der Waals surface area contributed by atoms with Crippen LogP contribution in [-0.2, 0) is 22.6 Å². The van der Waals surface area contributed by atoms with Gasteiger partial charge >= 0.3 is 0 Å². The van der Waals surface area contributed by atoms with Crippen molar-refractivity contribution in [2.45, 2.75) is 53.6 Å². The van der Waals surface area contributed by atoms with E-state index in [9.17, 15) is 9.59 Å². The van der Waals surface area contributed by atoms with Crippen molar-refractivity contribution in [2.75, 3.05) is 6.54 Å². The van der Waals surface area contributed by atoms with Gasteiger partial charge in [-0.1, -0.05) is 66.9 Å². The molecule has 2 amide bonds. The van der Waals surface area contributed by atoms with Crippen LogP contribution in [0, 0.1) is 19.8 Å². The van der Waals surface area contributed by atoms with Crippen LogP contribution in [0.2, 0.25) is 5.02 Å². The van der Waals surface area contributed by atoms with Gasteiger partial charge in [0.2, 0.25) is 11.8 Å². The van der Waals surface area contributed by atoms with Gasteiger partial charge in [0.1, 0.15) is 6.04 Å².